The molecule has 1 saturated carbocycles. The van der Waals surface area contributed by atoms with Gasteiger partial charge in [0, 0.05) is 17.5 Å². The predicted octanol–water partition coefficient (Wildman–Crippen LogP) is 5.13. The van der Waals surface area contributed by atoms with Gasteiger partial charge in [0.1, 0.15) is 7.22 Å². The zero-order valence-corrected chi connectivity index (χ0v) is 13.9. The van der Waals surface area contributed by atoms with Crippen LogP contribution in [0.1, 0.15) is 51.9 Å². The summed E-state index contributed by atoms with van der Waals surface area (Å²) >= 11 is 2.26. The maximum atomic E-state index is 4.82. The lowest BCUT2D eigenvalue weighted by Crippen LogP contribution is -2.20. The molecule has 100 valence electrons. The lowest BCUT2D eigenvalue weighted by Gasteiger charge is -2.23. The van der Waals surface area contributed by atoms with Gasteiger partial charge in [0.15, 0.2) is 0 Å². The van der Waals surface area contributed by atoms with Crippen molar-refractivity contribution >= 4 is 24.1 Å². The van der Waals surface area contributed by atoms with E-state index >= 15 is 0 Å². The molecule has 0 saturated heterocycles. The third-order valence-electron chi connectivity index (χ3n) is 3.19. The number of nitrogens with zero attached hydrogens (tertiary/aromatic N) is 1. The highest BCUT2D eigenvalue weighted by Crippen LogP contribution is 2.28. The summed E-state index contributed by atoms with van der Waals surface area (Å²) in [6.45, 7) is 10.8. The molecule has 0 amide bonds. The normalized spacial score (nSPS) is 19.2. The fourth-order valence-corrected chi connectivity index (χ4v) is 7.57. The molecule has 1 rings (SSSR count). The molecule has 1 unspecified atom stereocenters. The molecular weight excluding hydrogens is 242 g/mol. The molecule has 0 N–H and O–H groups in total. The van der Waals surface area contributed by atoms with Gasteiger partial charge in [-0.1, -0.05) is 33.0 Å². The molecule has 0 aromatic rings. The maximum Gasteiger partial charge on any atom is 0.108 e. The number of rotatable bonds is 6. The van der Waals surface area contributed by atoms with Gasteiger partial charge < -0.3 is 0 Å². The summed E-state index contributed by atoms with van der Waals surface area (Å²) in [6.07, 6.45) is 9.31. The van der Waals surface area contributed by atoms with Crippen LogP contribution in [-0.2, 0) is 0 Å². The Morgan fingerprint density at radius 1 is 1.18 bits per heavy atom. The fourth-order valence-electron chi connectivity index (χ4n) is 2.33. The average molecular weight is 272 g/mol. The topological polar surface area (TPSA) is 12.4 Å². The van der Waals surface area contributed by atoms with Crippen LogP contribution in [0.5, 0.6) is 0 Å². The second kappa shape index (κ2) is 7.62. The molecule has 1 fully saturated rings. The van der Waals surface area contributed by atoms with Gasteiger partial charge in [-0.05, 0) is 38.5 Å². The Balaban J connectivity index is 2.27. The van der Waals surface area contributed by atoms with Gasteiger partial charge >= 0.3 is 0 Å². The second-order valence-electron chi connectivity index (χ2n) is 6.06. The van der Waals surface area contributed by atoms with Crippen LogP contribution >= 0.6 is 11.2 Å². The highest BCUT2D eigenvalue weighted by molar-refractivity contribution is 8.29. The maximum absolute atomic E-state index is 4.82. The molecule has 1 atom stereocenters. The Bertz CT molecular complexity index is 237. The first-order valence-corrected chi connectivity index (χ1v) is 12.3. The Labute approximate surface area is 113 Å². The van der Waals surface area contributed by atoms with Crippen molar-refractivity contribution in [1.82, 2.24) is 0 Å². The fraction of sp³-hybridized carbons (Fsp3) is 0.929. The first-order chi connectivity index (χ1) is 8.01. The highest BCUT2D eigenvalue weighted by Gasteiger charge is 2.19. The molecule has 1 aliphatic carbocycles. The van der Waals surface area contributed by atoms with Crippen molar-refractivity contribution in [1.29, 1.82) is 0 Å². The largest absolute Gasteiger partial charge is 0.294 e. The van der Waals surface area contributed by atoms with Gasteiger partial charge in [0.25, 0.3) is 0 Å². The zero-order valence-electron chi connectivity index (χ0n) is 12.1. The summed E-state index contributed by atoms with van der Waals surface area (Å²) in [5, 5.41) is 0.842. The van der Waals surface area contributed by atoms with Crippen molar-refractivity contribution < 1.29 is 0 Å². The molecule has 1 aliphatic rings. The SMILES string of the molecule is CCC(CCN=C1CCCCC1)S[Si](C)(C)C. The quantitative estimate of drug-likeness (QED) is 0.610. The summed E-state index contributed by atoms with van der Waals surface area (Å²) in [7, 11) is -0.963. The molecule has 0 aliphatic heterocycles. The Morgan fingerprint density at radius 2 is 1.82 bits per heavy atom. The number of hydrogen-bond acceptors (Lipinski definition) is 2. The van der Waals surface area contributed by atoms with E-state index in [4.69, 9.17) is 4.99 Å². The molecule has 0 heterocycles. The van der Waals surface area contributed by atoms with Gasteiger partial charge in [0.2, 0.25) is 0 Å². The highest BCUT2D eigenvalue weighted by atomic mass is 32.4. The smallest absolute Gasteiger partial charge is 0.108 e. The van der Waals surface area contributed by atoms with E-state index in [0.29, 0.717) is 0 Å². The lowest BCUT2D eigenvalue weighted by molar-refractivity contribution is 0.659. The summed E-state index contributed by atoms with van der Waals surface area (Å²) in [5.41, 5.74) is 1.50. The standard InChI is InChI=1S/C14H29NSSi/c1-5-14(16-17(2,3)4)11-12-15-13-9-7-6-8-10-13/h14H,5-12H2,1-4H3. The van der Waals surface area contributed by atoms with Crippen LogP contribution in [0.3, 0.4) is 0 Å². The van der Waals surface area contributed by atoms with Crippen molar-refractivity contribution in [2.45, 2.75) is 76.8 Å². The van der Waals surface area contributed by atoms with E-state index in [1.807, 2.05) is 0 Å². The van der Waals surface area contributed by atoms with Crippen LogP contribution in [0, 0.1) is 0 Å². The van der Waals surface area contributed by atoms with Crippen LogP contribution in [0.2, 0.25) is 19.6 Å². The van der Waals surface area contributed by atoms with E-state index in [0.717, 1.165) is 11.8 Å². The number of aliphatic imine (C=N–C) groups is 1. The van der Waals surface area contributed by atoms with Crippen LogP contribution < -0.4 is 0 Å². The van der Waals surface area contributed by atoms with E-state index in [1.165, 1.54) is 50.7 Å². The van der Waals surface area contributed by atoms with Gasteiger partial charge in [-0.25, -0.2) is 0 Å². The Morgan fingerprint density at radius 3 is 2.35 bits per heavy atom. The third kappa shape index (κ3) is 7.30. The van der Waals surface area contributed by atoms with E-state index in [1.54, 1.807) is 0 Å². The minimum atomic E-state index is -0.963. The summed E-state index contributed by atoms with van der Waals surface area (Å²) in [5.74, 6) is 0. The van der Waals surface area contributed by atoms with E-state index in [-0.39, 0.29) is 0 Å². The Kier molecular flexibility index (Phi) is 6.86. The minimum absolute atomic E-state index is 0.842. The van der Waals surface area contributed by atoms with Gasteiger partial charge in [-0.3, -0.25) is 4.99 Å². The second-order valence-corrected chi connectivity index (χ2v) is 15.6. The Hall–Kier alpha value is 0.237. The summed E-state index contributed by atoms with van der Waals surface area (Å²) < 4.78 is 0. The van der Waals surface area contributed by atoms with Crippen LogP contribution in [-0.4, -0.2) is 24.7 Å². The van der Waals surface area contributed by atoms with Gasteiger partial charge in [0.05, 0.1) is 0 Å². The molecule has 0 radical (unpaired) electrons. The lowest BCUT2D eigenvalue weighted by atomic mass is 9.98. The predicted molar refractivity (Wildman–Crippen MR) is 85.0 cm³/mol. The van der Waals surface area contributed by atoms with Crippen LogP contribution in [0.4, 0.5) is 0 Å². The molecule has 17 heavy (non-hydrogen) atoms. The minimum Gasteiger partial charge on any atom is -0.294 e. The van der Waals surface area contributed by atoms with Crippen LogP contribution in [0.25, 0.3) is 0 Å². The molecule has 0 bridgehead atoms. The van der Waals surface area contributed by atoms with E-state index in [2.05, 4.69) is 37.8 Å². The molecular formula is C14H29NSSi. The van der Waals surface area contributed by atoms with Gasteiger partial charge in [-0.2, -0.15) is 11.2 Å². The zero-order chi connectivity index (χ0) is 12.7. The summed E-state index contributed by atoms with van der Waals surface area (Å²) in [4.78, 5) is 4.82. The summed E-state index contributed by atoms with van der Waals surface area (Å²) in [6, 6.07) is 0. The molecule has 0 aromatic carbocycles. The third-order valence-corrected chi connectivity index (χ3v) is 7.92. The monoisotopic (exact) mass is 271 g/mol. The van der Waals surface area contributed by atoms with E-state index < -0.39 is 7.22 Å². The first-order valence-electron chi connectivity index (χ1n) is 7.21. The van der Waals surface area contributed by atoms with Crippen molar-refractivity contribution in [2.75, 3.05) is 6.54 Å². The molecule has 0 aromatic heterocycles. The number of hydrogen-bond donors (Lipinski definition) is 0. The van der Waals surface area contributed by atoms with Crippen molar-refractivity contribution in [2.24, 2.45) is 4.99 Å². The van der Waals surface area contributed by atoms with E-state index in [9.17, 15) is 0 Å². The average Bonchev–Trinajstić information content (AvgIpc) is 2.27. The molecule has 0 spiro atoms. The van der Waals surface area contributed by atoms with Crippen molar-refractivity contribution in [3.63, 3.8) is 0 Å². The van der Waals surface area contributed by atoms with Gasteiger partial charge in [-0.15, -0.1) is 0 Å². The molecule has 1 nitrogen and oxygen atoms in total. The van der Waals surface area contributed by atoms with Crippen LogP contribution in [0.15, 0.2) is 4.99 Å². The van der Waals surface area contributed by atoms with Crippen molar-refractivity contribution in [3.8, 4) is 0 Å². The van der Waals surface area contributed by atoms with Crippen molar-refractivity contribution in [3.05, 3.63) is 0 Å². The molecule has 3 heteroatoms. The first kappa shape index (κ1) is 15.3.